The Labute approximate surface area is 117 Å². The van der Waals surface area contributed by atoms with Gasteiger partial charge >= 0.3 is 6.18 Å². The highest BCUT2D eigenvalue weighted by molar-refractivity contribution is 5.27. The van der Waals surface area contributed by atoms with Gasteiger partial charge in [0, 0.05) is 19.6 Å². The molecule has 1 fully saturated rings. The zero-order valence-corrected chi connectivity index (χ0v) is 11.7. The second-order valence-electron chi connectivity index (χ2n) is 5.31. The van der Waals surface area contributed by atoms with Gasteiger partial charge in [0.2, 0.25) is 0 Å². The molecule has 1 saturated heterocycles. The van der Waals surface area contributed by atoms with Gasteiger partial charge in [-0.1, -0.05) is 19.1 Å². The van der Waals surface area contributed by atoms with E-state index in [4.69, 9.17) is 0 Å². The van der Waals surface area contributed by atoms with Crippen LogP contribution in [0.1, 0.15) is 43.2 Å². The lowest BCUT2D eigenvalue weighted by Crippen LogP contribution is -2.44. The number of halogens is 3. The molecule has 1 N–H and O–H groups in total. The Morgan fingerprint density at radius 1 is 1.25 bits per heavy atom. The van der Waals surface area contributed by atoms with Crippen LogP contribution in [-0.4, -0.2) is 24.6 Å². The van der Waals surface area contributed by atoms with Crippen LogP contribution in [0.3, 0.4) is 0 Å². The Kier molecular flexibility index (Phi) is 5.05. The molecular weight excluding hydrogens is 265 g/mol. The van der Waals surface area contributed by atoms with Gasteiger partial charge in [0.15, 0.2) is 0 Å². The van der Waals surface area contributed by atoms with E-state index in [1.807, 2.05) is 0 Å². The van der Waals surface area contributed by atoms with E-state index in [0.29, 0.717) is 5.92 Å². The zero-order chi connectivity index (χ0) is 14.6. The fourth-order valence-electron chi connectivity index (χ4n) is 2.61. The van der Waals surface area contributed by atoms with Gasteiger partial charge in [0.25, 0.3) is 0 Å². The first-order chi connectivity index (χ1) is 9.50. The second kappa shape index (κ2) is 6.59. The van der Waals surface area contributed by atoms with Crippen molar-refractivity contribution in [3.05, 3.63) is 35.4 Å². The molecule has 0 aromatic heterocycles. The standard InChI is InChI=1S/C15H21F3N2/c1-2-9-19-20-10-3-4-13(11-20)12-5-7-14(8-6-12)15(16,17)18/h5-8,13,19H,2-4,9-11H2,1H3. The van der Waals surface area contributed by atoms with E-state index in [2.05, 4.69) is 17.4 Å². The van der Waals surface area contributed by atoms with Crippen molar-refractivity contribution in [3.63, 3.8) is 0 Å². The molecule has 0 spiro atoms. The Hall–Kier alpha value is -1.07. The second-order valence-corrected chi connectivity index (χ2v) is 5.31. The SMILES string of the molecule is CCCNN1CCCC(c2ccc(C(F)(F)F)cc2)C1. The average Bonchev–Trinajstić information content (AvgIpc) is 2.45. The van der Waals surface area contributed by atoms with E-state index in [1.54, 1.807) is 12.1 Å². The summed E-state index contributed by atoms with van der Waals surface area (Å²) < 4.78 is 37.6. The number of nitrogens with one attached hydrogen (secondary N) is 1. The molecule has 1 aromatic carbocycles. The summed E-state index contributed by atoms with van der Waals surface area (Å²) in [5.41, 5.74) is 3.79. The Balaban J connectivity index is 2.00. The van der Waals surface area contributed by atoms with Gasteiger partial charge in [-0.25, -0.2) is 5.01 Å². The number of hydrogen-bond acceptors (Lipinski definition) is 2. The predicted molar refractivity (Wildman–Crippen MR) is 73.3 cm³/mol. The molecular formula is C15H21F3N2. The van der Waals surface area contributed by atoms with E-state index in [0.717, 1.165) is 44.5 Å². The van der Waals surface area contributed by atoms with Crippen molar-refractivity contribution in [2.24, 2.45) is 0 Å². The minimum atomic E-state index is -4.25. The Morgan fingerprint density at radius 2 is 1.95 bits per heavy atom. The summed E-state index contributed by atoms with van der Waals surface area (Å²) in [6.07, 6.45) is -1.07. The summed E-state index contributed by atoms with van der Waals surface area (Å²) in [6.45, 7) is 4.94. The number of alkyl halides is 3. The molecule has 2 rings (SSSR count). The summed E-state index contributed by atoms with van der Waals surface area (Å²) in [5, 5.41) is 2.19. The third kappa shape index (κ3) is 3.96. The summed E-state index contributed by atoms with van der Waals surface area (Å²) in [7, 11) is 0. The molecule has 1 aromatic rings. The van der Waals surface area contributed by atoms with E-state index in [1.165, 1.54) is 12.1 Å². The topological polar surface area (TPSA) is 15.3 Å². The monoisotopic (exact) mass is 286 g/mol. The summed E-state index contributed by atoms with van der Waals surface area (Å²) in [4.78, 5) is 0. The van der Waals surface area contributed by atoms with Gasteiger partial charge in [-0.05, 0) is 42.9 Å². The maximum Gasteiger partial charge on any atom is 0.416 e. The molecule has 5 heteroatoms. The normalized spacial score (nSPS) is 21.1. The predicted octanol–water partition coefficient (Wildman–Crippen LogP) is 3.80. The molecule has 1 unspecified atom stereocenters. The highest BCUT2D eigenvalue weighted by Gasteiger charge is 2.30. The smallest absolute Gasteiger partial charge is 0.255 e. The molecule has 0 saturated carbocycles. The minimum Gasteiger partial charge on any atom is -0.255 e. The van der Waals surface area contributed by atoms with E-state index in [9.17, 15) is 13.2 Å². The summed E-state index contributed by atoms with van der Waals surface area (Å²) in [6, 6.07) is 5.62. The van der Waals surface area contributed by atoms with Gasteiger partial charge in [0.1, 0.15) is 0 Å². The fourth-order valence-corrected chi connectivity index (χ4v) is 2.61. The lowest BCUT2D eigenvalue weighted by molar-refractivity contribution is -0.137. The van der Waals surface area contributed by atoms with E-state index < -0.39 is 11.7 Å². The lowest BCUT2D eigenvalue weighted by atomic mass is 9.91. The minimum absolute atomic E-state index is 0.315. The number of hydrazine groups is 1. The van der Waals surface area contributed by atoms with Crippen molar-refractivity contribution in [1.82, 2.24) is 10.4 Å². The molecule has 0 aliphatic carbocycles. The molecule has 20 heavy (non-hydrogen) atoms. The van der Waals surface area contributed by atoms with Crippen molar-refractivity contribution in [2.45, 2.75) is 38.3 Å². The van der Waals surface area contributed by atoms with Crippen LogP contribution in [-0.2, 0) is 6.18 Å². The van der Waals surface area contributed by atoms with Gasteiger partial charge in [0.05, 0.1) is 5.56 Å². The van der Waals surface area contributed by atoms with Crippen LogP contribution in [0.5, 0.6) is 0 Å². The highest BCUT2D eigenvalue weighted by atomic mass is 19.4. The molecule has 0 amide bonds. The van der Waals surface area contributed by atoms with Crippen LogP contribution in [0.2, 0.25) is 0 Å². The first kappa shape index (κ1) is 15.3. The molecule has 1 aliphatic rings. The lowest BCUT2D eigenvalue weighted by Gasteiger charge is -2.33. The van der Waals surface area contributed by atoms with E-state index in [-0.39, 0.29) is 0 Å². The third-order valence-electron chi connectivity index (χ3n) is 3.72. The highest BCUT2D eigenvalue weighted by Crippen LogP contribution is 2.32. The molecule has 2 nitrogen and oxygen atoms in total. The van der Waals surface area contributed by atoms with Crippen LogP contribution in [0, 0.1) is 0 Å². The van der Waals surface area contributed by atoms with Crippen molar-refractivity contribution < 1.29 is 13.2 Å². The molecule has 1 heterocycles. The number of hydrogen-bond donors (Lipinski definition) is 1. The van der Waals surface area contributed by atoms with Crippen LogP contribution in [0.4, 0.5) is 13.2 Å². The molecule has 1 atom stereocenters. The number of benzene rings is 1. The van der Waals surface area contributed by atoms with Gasteiger partial charge in [-0.3, -0.25) is 5.43 Å². The van der Waals surface area contributed by atoms with Crippen LogP contribution in [0.15, 0.2) is 24.3 Å². The maximum atomic E-state index is 12.5. The number of piperidine rings is 1. The van der Waals surface area contributed by atoms with Crippen LogP contribution < -0.4 is 5.43 Å². The van der Waals surface area contributed by atoms with Gasteiger partial charge in [-0.2, -0.15) is 13.2 Å². The molecule has 112 valence electrons. The quantitative estimate of drug-likeness (QED) is 0.905. The fraction of sp³-hybridized carbons (Fsp3) is 0.600. The Bertz CT molecular complexity index is 414. The van der Waals surface area contributed by atoms with Crippen molar-refractivity contribution in [2.75, 3.05) is 19.6 Å². The number of rotatable bonds is 4. The van der Waals surface area contributed by atoms with Crippen molar-refractivity contribution >= 4 is 0 Å². The third-order valence-corrected chi connectivity index (χ3v) is 3.72. The summed E-state index contributed by atoms with van der Waals surface area (Å²) in [5.74, 6) is 0.315. The first-order valence-electron chi connectivity index (χ1n) is 7.16. The maximum absolute atomic E-state index is 12.5. The van der Waals surface area contributed by atoms with Crippen molar-refractivity contribution in [3.8, 4) is 0 Å². The Morgan fingerprint density at radius 3 is 2.55 bits per heavy atom. The van der Waals surface area contributed by atoms with Gasteiger partial charge < -0.3 is 0 Å². The largest absolute Gasteiger partial charge is 0.416 e. The first-order valence-corrected chi connectivity index (χ1v) is 7.16. The molecule has 1 aliphatic heterocycles. The summed E-state index contributed by atoms with van der Waals surface area (Å²) >= 11 is 0. The molecule has 0 bridgehead atoms. The average molecular weight is 286 g/mol. The van der Waals surface area contributed by atoms with E-state index >= 15 is 0 Å². The van der Waals surface area contributed by atoms with Crippen molar-refractivity contribution in [1.29, 1.82) is 0 Å². The number of nitrogens with zero attached hydrogens (tertiary/aromatic N) is 1. The van der Waals surface area contributed by atoms with Gasteiger partial charge in [-0.15, -0.1) is 0 Å². The molecule has 0 radical (unpaired) electrons. The van der Waals surface area contributed by atoms with Crippen LogP contribution >= 0.6 is 0 Å². The van der Waals surface area contributed by atoms with Crippen LogP contribution in [0.25, 0.3) is 0 Å². The zero-order valence-electron chi connectivity index (χ0n) is 11.7.